The fourth-order valence-corrected chi connectivity index (χ4v) is 5.43. The maximum atomic E-state index is 14.2. The Hall–Kier alpha value is -5.21. The van der Waals surface area contributed by atoms with Crippen LogP contribution >= 0.6 is 0 Å². The van der Waals surface area contributed by atoms with Gasteiger partial charge in [0.05, 0.1) is 11.1 Å². The molecule has 3 aromatic heterocycles. The van der Waals surface area contributed by atoms with Gasteiger partial charge in [-0.2, -0.15) is 0 Å². The van der Waals surface area contributed by atoms with Gasteiger partial charge < -0.3 is 25.2 Å². The molecule has 0 atom stereocenters. The van der Waals surface area contributed by atoms with Crippen molar-refractivity contribution >= 4 is 59.4 Å². The number of rotatable bonds is 11. The van der Waals surface area contributed by atoms with Crippen LogP contribution in [-0.4, -0.2) is 73.0 Å². The van der Waals surface area contributed by atoms with Gasteiger partial charge in [0.2, 0.25) is 0 Å². The van der Waals surface area contributed by atoms with Crippen molar-refractivity contribution in [3.05, 3.63) is 82.8 Å². The monoisotopic (exact) mass is 678 g/mol. The van der Waals surface area contributed by atoms with Crippen LogP contribution in [0.1, 0.15) is 59.1 Å². The number of benzene rings is 2. The minimum atomic E-state index is -1.35. The average molecular weight is 679 g/mol. The number of hydrogen-bond acceptors (Lipinski definition) is 8. The molecule has 0 saturated heterocycles. The number of carboxylic acids is 1. The van der Waals surface area contributed by atoms with Crippen molar-refractivity contribution in [2.75, 3.05) is 43.7 Å². The Balaban J connectivity index is 0.000000365. The highest BCUT2D eigenvalue weighted by Crippen LogP contribution is 2.29. The molecule has 0 aliphatic rings. The molecule has 49 heavy (non-hydrogen) atoms. The number of nitrogens with two attached hydrogens (primary N) is 1. The number of nitrogens with zero attached hydrogens (tertiary/aromatic N) is 6. The summed E-state index contributed by atoms with van der Waals surface area (Å²) < 4.78 is 56.9. The molecule has 10 nitrogen and oxygen atoms in total. The molecule has 0 bridgehead atoms. The molecule has 0 aliphatic heterocycles. The topological polar surface area (TPSA) is 130 Å². The van der Waals surface area contributed by atoms with Crippen molar-refractivity contribution in [1.82, 2.24) is 19.5 Å². The van der Waals surface area contributed by atoms with Gasteiger partial charge >= 0.3 is 5.97 Å². The van der Waals surface area contributed by atoms with Gasteiger partial charge in [-0.1, -0.05) is 13.3 Å². The molecule has 0 aliphatic carbocycles. The Morgan fingerprint density at radius 1 is 0.837 bits per heavy atom. The highest BCUT2D eigenvalue weighted by Gasteiger charge is 2.19. The van der Waals surface area contributed by atoms with Crippen LogP contribution in [0.15, 0.2) is 42.6 Å². The van der Waals surface area contributed by atoms with Gasteiger partial charge in [-0.05, 0) is 49.2 Å². The molecule has 3 N–H and O–H groups in total. The van der Waals surface area contributed by atoms with E-state index < -0.39 is 34.8 Å². The van der Waals surface area contributed by atoms with Crippen LogP contribution in [0.3, 0.4) is 0 Å². The minimum Gasteiger partial charge on any atom is -0.478 e. The molecule has 0 unspecified atom stereocenters. The summed E-state index contributed by atoms with van der Waals surface area (Å²) in [7, 11) is 6.06. The SMILES string of the molecule is CCc1nc2c(N)nc3cccnc3c2n1CCCCCC(=O)c1cc(F)c(N(C)C)c(F)c1.CN(C)c1c(F)cc(C(=O)O)cc1F.[B]. The number of fused-ring (bicyclic) bond motifs is 3. The van der Waals surface area contributed by atoms with Crippen molar-refractivity contribution in [3.63, 3.8) is 0 Å². The predicted molar refractivity (Wildman–Crippen MR) is 184 cm³/mol. The summed E-state index contributed by atoms with van der Waals surface area (Å²) in [5, 5.41) is 8.52. The smallest absolute Gasteiger partial charge is 0.335 e. The summed E-state index contributed by atoms with van der Waals surface area (Å²) in [5.41, 5.74) is 8.47. The maximum Gasteiger partial charge on any atom is 0.335 e. The van der Waals surface area contributed by atoms with Crippen molar-refractivity contribution in [1.29, 1.82) is 0 Å². The molecule has 2 aromatic carbocycles. The highest BCUT2D eigenvalue weighted by molar-refractivity contribution is 6.04. The fraction of sp³-hybridized carbons (Fsp3) is 0.324. The predicted octanol–water partition coefficient (Wildman–Crippen LogP) is 6.26. The van der Waals surface area contributed by atoms with Gasteiger partial charge in [-0.15, -0.1) is 0 Å². The number of pyridine rings is 2. The van der Waals surface area contributed by atoms with Gasteiger partial charge in [0.1, 0.15) is 57.0 Å². The number of nitrogen functional groups attached to an aromatic ring is 1. The summed E-state index contributed by atoms with van der Waals surface area (Å²) in [5.74, 6) is -3.56. The average Bonchev–Trinajstić information content (AvgIpc) is 3.39. The second-order valence-electron chi connectivity index (χ2n) is 11.5. The Kier molecular flexibility index (Phi) is 12.7. The van der Waals surface area contributed by atoms with Gasteiger partial charge in [0, 0.05) is 67.8 Å². The number of carboxylic acid groups (broad SMARTS) is 1. The molecule has 0 saturated carbocycles. The second kappa shape index (κ2) is 16.3. The Labute approximate surface area is 283 Å². The van der Waals surface area contributed by atoms with E-state index in [2.05, 4.69) is 14.5 Å². The van der Waals surface area contributed by atoms with Gasteiger partial charge in [-0.3, -0.25) is 9.78 Å². The molecular formula is C34H37BF4N7O3. The molecule has 0 fully saturated rings. The standard InChI is InChI=1S/C25H28F2N6O.C9H9F2NO2.B/c1-4-20-31-22-24(21-18(30-25(22)28)9-8-11-29-21)33(20)12-7-5-6-10-19(34)15-13-16(26)23(32(2)3)17(27)14-15;1-12(2)8-6(10)3-5(9(13)14)4-7(8)11;/h8-9,11,13-14H,4-7,10,12H2,1-3H3,(H2,28,30);3-4H,1-2H3,(H,13,14);. The van der Waals surface area contributed by atoms with Crippen LogP contribution in [0.5, 0.6) is 0 Å². The molecule has 3 radical (unpaired) electrons. The molecule has 5 aromatic rings. The first-order valence-corrected chi connectivity index (χ1v) is 15.2. The van der Waals surface area contributed by atoms with Crippen LogP contribution in [0.2, 0.25) is 0 Å². The third kappa shape index (κ3) is 8.45. The quantitative estimate of drug-likeness (QED) is 0.0720. The number of Topliss-reactive ketones (excluding diaryl/α,β-unsaturated/α-hetero) is 1. The number of anilines is 3. The summed E-state index contributed by atoms with van der Waals surface area (Å²) in [4.78, 5) is 39.1. The molecular weight excluding hydrogens is 641 g/mol. The number of aromatic nitrogens is 4. The van der Waals surface area contributed by atoms with E-state index in [-0.39, 0.29) is 37.6 Å². The van der Waals surface area contributed by atoms with Crippen molar-refractivity contribution in [2.24, 2.45) is 0 Å². The highest BCUT2D eigenvalue weighted by atomic mass is 19.1. The van der Waals surface area contributed by atoms with Crippen LogP contribution in [-0.2, 0) is 13.0 Å². The molecule has 5 rings (SSSR count). The second-order valence-corrected chi connectivity index (χ2v) is 11.5. The van der Waals surface area contributed by atoms with Crippen molar-refractivity contribution < 1.29 is 32.3 Å². The minimum absolute atomic E-state index is 0. The number of halogens is 4. The fourth-order valence-electron chi connectivity index (χ4n) is 5.43. The Morgan fingerprint density at radius 2 is 1.39 bits per heavy atom. The van der Waals surface area contributed by atoms with E-state index in [1.54, 1.807) is 20.3 Å². The maximum absolute atomic E-state index is 14.2. The number of ketones is 1. The first-order chi connectivity index (χ1) is 22.7. The third-order valence-corrected chi connectivity index (χ3v) is 7.64. The largest absolute Gasteiger partial charge is 0.478 e. The number of imidazole rings is 1. The number of aromatic carboxylic acids is 1. The molecule has 3 heterocycles. The molecule has 0 amide bonds. The number of aryl methyl sites for hydroxylation is 2. The van der Waals surface area contributed by atoms with E-state index in [1.165, 1.54) is 23.9 Å². The van der Waals surface area contributed by atoms with Crippen molar-refractivity contribution in [3.8, 4) is 0 Å². The van der Waals surface area contributed by atoms with Crippen LogP contribution in [0, 0.1) is 23.3 Å². The van der Waals surface area contributed by atoms with Gasteiger partial charge in [0.25, 0.3) is 0 Å². The van der Waals surface area contributed by atoms with E-state index in [4.69, 9.17) is 15.8 Å². The lowest BCUT2D eigenvalue weighted by Gasteiger charge is -2.15. The van der Waals surface area contributed by atoms with Gasteiger partial charge in [-0.25, -0.2) is 32.3 Å². The molecule has 257 valence electrons. The summed E-state index contributed by atoms with van der Waals surface area (Å²) in [6.45, 7) is 2.74. The molecule has 15 heteroatoms. The van der Waals surface area contributed by atoms with Crippen LogP contribution in [0.4, 0.5) is 34.8 Å². The number of unbranched alkanes of at least 4 members (excludes halogenated alkanes) is 2. The lowest BCUT2D eigenvalue weighted by Crippen LogP contribution is -2.14. The molecule has 0 spiro atoms. The Bertz CT molecular complexity index is 1940. The van der Waals surface area contributed by atoms with E-state index in [1.807, 2.05) is 19.1 Å². The van der Waals surface area contributed by atoms with E-state index >= 15 is 0 Å². The van der Waals surface area contributed by atoms with Crippen LogP contribution < -0.4 is 15.5 Å². The normalized spacial score (nSPS) is 10.8. The Morgan fingerprint density at radius 3 is 1.90 bits per heavy atom. The van der Waals surface area contributed by atoms with E-state index in [0.717, 1.165) is 65.9 Å². The number of carbonyl (C=O) groups is 2. The number of hydrogen-bond donors (Lipinski definition) is 2. The lowest BCUT2D eigenvalue weighted by atomic mass is 10.0. The lowest BCUT2D eigenvalue weighted by molar-refractivity contribution is 0.0695. The zero-order chi connectivity index (χ0) is 35.3. The van der Waals surface area contributed by atoms with E-state index in [0.29, 0.717) is 24.3 Å². The summed E-state index contributed by atoms with van der Waals surface area (Å²) >= 11 is 0. The summed E-state index contributed by atoms with van der Waals surface area (Å²) in [6, 6.07) is 7.51. The zero-order valence-corrected chi connectivity index (χ0v) is 27.9. The van der Waals surface area contributed by atoms with Crippen LogP contribution in [0.25, 0.3) is 22.1 Å². The number of carbonyl (C=O) groups excluding carboxylic acids is 1. The van der Waals surface area contributed by atoms with Gasteiger partial charge in [0.15, 0.2) is 11.6 Å². The first kappa shape index (κ1) is 38.2. The van der Waals surface area contributed by atoms with Crippen molar-refractivity contribution in [2.45, 2.75) is 45.6 Å². The first-order valence-electron chi connectivity index (χ1n) is 15.2. The summed E-state index contributed by atoms with van der Waals surface area (Å²) in [6.07, 6.45) is 4.90. The zero-order valence-electron chi connectivity index (χ0n) is 27.9. The third-order valence-electron chi connectivity index (χ3n) is 7.64. The van der Waals surface area contributed by atoms with E-state index in [9.17, 15) is 27.2 Å².